The Hall–Kier alpha value is -1.36. The third-order valence-electron chi connectivity index (χ3n) is 6.82. The Balaban J connectivity index is 1.67. The molecule has 0 spiro atoms. The van der Waals surface area contributed by atoms with Gasteiger partial charge in [0.2, 0.25) is 0 Å². The second-order valence-corrected chi connectivity index (χ2v) is 7.42. The highest BCUT2D eigenvalue weighted by molar-refractivity contribution is 5.92. The molecule has 0 unspecified atom stereocenters. The van der Waals surface area contributed by atoms with Crippen LogP contribution < -0.4 is 0 Å². The molecule has 0 amide bonds. The van der Waals surface area contributed by atoms with Crippen molar-refractivity contribution in [3.63, 3.8) is 0 Å². The van der Waals surface area contributed by atoms with E-state index in [4.69, 9.17) is 6.42 Å². The molecule has 0 aromatic rings. The van der Waals surface area contributed by atoms with Gasteiger partial charge < -0.3 is 0 Å². The summed E-state index contributed by atoms with van der Waals surface area (Å²) in [6.45, 7) is 0. The number of fused-ring (bicyclic) bond motifs is 5. The molecule has 21 heavy (non-hydrogen) atoms. The van der Waals surface area contributed by atoms with E-state index in [0.29, 0.717) is 48.1 Å². The smallest absolute Gasteiger partial charge is 0.155 e. The lowest BCUT2D eigenvalue weighted by atomic mass is 9.52. The predicted molar refractivity (Wildman–Crippen MR) is 80.3 cm³/mol. The lowest BCUT2D eigenvalue weighted by Gasteiger charge is -2.51. The van der Waals surface area contributed by atoms with Crippen LogP contribution in [0.3, 0.4) is 0 Å². The Morgan fingerprint density at radius 3 is 2.71 bits per heavy atom. The first-order valence-electron chi connectivity index (χ1n) is 8.40. The van der Waals surface area contributed by atoms with Gasteiger partial charge in [-0.05, 0) is 68.3 Å². The quantitative estimate of drug-likeness (QED) is 0.639. The number of ketones is 2. The van der Waals surface area contributed by atoms with Gasteiger partial charge >= 0.3 is 0 Å². The Bertz CT molecular complexity index is 579. The first kappa shape index (κ1) is 13.3. The summed E-state index contributed by atoms with van der Waals surface area (Å²) in [5.74, 6) is 5.83. The van der Waals surface area contributed by atoms with Crippen LogP contribution in [0, 0.1) is 41.4 Å². The second kappa shape index (κ2) is 4.57. The highest BCUT2D eigenvalue weighted by Gasteiger charge is 2.57. The highest BCUT2D eigenvalue weighted by Crippen LogP contribution is 2.60. The van der Waals surface area contributed by atoms with Crippen molar-refractivity contribution in [1.82, 2.24) is 0 Å². The molecule has 5 atom stereocenters. The molecule has 110 valence electrons. The average molecular weight is 282 g/mol. The minimum absolute atomic E-state index is 0.310. The van der Waals surface area contributed by atoms with Crippen LogP contribution in [0.25, 0.3) is 0 Å². The zero-order valence-electron chi connectivity index (χ0n) is 12.4. The van der Waals surface area contributed by atoms with E-state index in [9.17, 15) is 9.59 Å². The van der Waals surface area contributed by atoms with Crippen LogP contribution in [0.5, 0.6) is 0 Å². The van der Waals surface area contributed by atoms with Gasteiger partial charge in [-0.25, -0.2) is 0 Å². The molecule has 0 aliphatic heterocycles. The highest BCUT2D eigenvalue weighted by atomic mass is 16.1. The van der Waals surface area contributed by atoms with Crippen LogP contribution >= 0.6 is 0 Å². The molecule has 0 saturated heterocycles. The number of hydrogen-bond donors (Lipinski definition) is 0. The van der Waals surface area contributed by atoms with Crippen LogP contribution in [0.15, 0.2) is 11.6 Å². The van der Waals surface area contributed by atoms with Gasteiger partial charge in [0.1, 0.15) is 0 Å². The number of terminal acetylenes is 1. The van der Waals surface area contributed by atoms with Gasteiger partial charge in [-0.15, -0.1) is 6.42 Å². The third kappa shape index (κ3) is 1.73. The van der Waals surface area contributed by atoms with E-state index in [1.54, 1.807) is 0 Å². The molecular formula is C19H22O2. The fourth-order valence-electron chi connectivity index (χ4n) is 5.90. The van der Waals surface area contributed by atoms with E-state index >= 15 is 0 Å². The maximum Gasteiger partial charge on any atom is 0.155 e. The van der Waals surface area contributed by atoms with Crippen LogP contribution in [-0.2, 0) is 9.59 Å². The normalized spacial score (nSPS) is 45.2. The summed E-state index contributed by atoms with van der Waals surface area (Å²) >= 11 is 0. The molecule has 4 rings (SSSR count). The largest absolute Gasteiger partial charge is 0.298 e. The number of allylic oxidation sites excluding steroid dienone is 1. The third-order valence-corrected chi connectivity index (χ3v) is 6.82. The average Bonchev–Trinajstić information content (AvgIpc) is 2.84. The van der Waals surface area contributed by atoms with Crippen molar-refractivity contribution in [1.29, 1.82) is 0 Å². The zero-order valence-corrected chi connectivity index (χ0v) is 12.4. The molecule has 0 aromatic carbocycles. The molecular weight excluding hydrogens is 260 g/mol. The van der Waals surface area contributed by atoms with Crippen molar-refractivity contribution in [2.75, 3.05) is 0 Å². The fourth-order valence-corrected chi connectivity index (χ4v) is 5.90. The molecule has 0 N–H and O–H groups in total. The first-order valence-corrected chi connectivity index (χ1v) is 8.40. The topological polar surface area (TPSA) is 34.1 Å². The maximum atomic E-state index is 12.4. The summed E-state index contributed by atoms with van der Waals surface area (Å²) in [5, 5.41) is 0. The summed E-state index contributed by atoms with van der Waals surface area (Å²) in [6, 6.07) is 0. The molecule has 2 heteroatoms. The summed E-state index contributed by atoms with van der Waals surface area (Å²) < 4.78 is 0. The molecule has 3 fully saturated rings. The fraction of sp³-hybridized carbons (Fsp3) is 0.684. The second-order valence-electron chi connectivity index (χ2n) is 7.42. The number of Topliss-reactive ketones (excluding diaryl/α,β-unsaturated/α-hetero) is 1. The van der Waals surface area contributed by atoms with Gasteiger partial charge in [-0.2, -0.15) is 0 Å². The molecule has 2 nitrogen and oxygen atoms in total. The van der Waals surface area contributed by atoms with Crippen LogP contribution in [0.2, 0.25) is 0 Å². The van der Waals surface area contributed by atoms with Gasteiger partial charge in [0.15, 0.2) is 11.6 Å². The van der Waals surface area contributed by atoms with E-state index in [0.717, 1.165) is 38.5 Å². The number of carbonyl (C=O) groups is 2. The maximum absolute atomic E-state index is 12.4. The van der Waals surface area contributed by atoms with Gasteiger partial charge in [0.05, 0.1) is 5.41 Å². The summed E-state index contributed by atoms with van der Waals surface area (Å²) in [6.07, 6.45) is 15.3. The van der Waals surface area contributed by atoms with E-state index in [1.165, 1.54) is 5.57 Å². The zero-order chi connectivity index (χ0) is 14.6. The van der Waals surface area contributed by atoms with Gasteiger partial charge in [-0.3, -0.25) is 9.59 Å². The first-order chi connectivity index (χ1) is 10.2. The van der Waals surface area contributed by atoms with Crippen LogP contribution in [-0.4, -0.2) is 11.6 Å². The summed E-state index contributed by atoms with van der Waals surface area (Å²) in [4.78, 5) is 24.0. The lowest BCUT2D eigenvalue weighted by molar-refractivity contribution is -0.127. The van der Waals surface area contributed by atoms with Gasteiger partial charge in [-0.1, -0.05) is 11.5 Å². The van der Waals surface area contributed by atoms with Crippen molar-refractivity contribution >= 4 is 11.6 Å². The van der Waals surface area contributed by atoms with Crippen molar-refractivity contribution in [2.45, 2.75) is 51.4 Å². The van der Waals surface area contributed by atoms with E-state index in [2.05, 4.69) is 5.92 Å². The predicted octanol–water partition coefficient (Wildman–Crippen LogP) is 3.31. The number of carbonyl (C=O) groups excluding carboxylic acids is 2. The Labute approximate surface area is 126 Å². The Morgan fingerprint density at radius 1 is 1.05 bits per heavy atom. The molecule has 0 heterocycles. The minimum Gasteiger partial charge on any atom is -0.298 e. The van der Waals surface area contributed by atoms with Crippen molar-refractivity contribution in [3.05, 3.63) is 11.6 Å². The SMILES string of the molecule is C#C[C@]12CC[C@H]3[C@@H](CCC4=CC(=O)CC[C@@H]43)[C@@H]1CCC2=O. The van der Waals surface area contributed by atoms with Crippen LogP contribution in [0.4, 0.5) is 0 Å². The van der Waals surface area contributed by atoms with E-state index in [-0.39, 0.29) is 0 Å². The van der Waals surface area contributed by atoms with Crippen molar-refractivity contribution < 1.29 is 9.59 Å². The minimum atomic E-state index is -0.438. The summed E-state index contributed by atoms with van der Waals surface area (Å²) in [7, 11) is 0. The summed E-state index contributed by atoms with van der Waals surface area (Å²) in [5.41, 5.74) is 0.956. The number of hydrogen-bond acceptors (Lipinski definition) is 2. The molecule has 0 radical (unpaired) electrons. The molecule has 4 aliphatic rings. The van der Waals surface area contributed by atoms with Gasteiger partial charge in [0.25, 0.3) is 0 Å². The van der Waals surface area contributed by atoms with Crippen molar-refractivity contribution in [2.24, 2.45) is 29.1 Å². The molecule has 4 aliphatic carbocycles. The van der Waals surface area contributed by atoms with Gasteiger partial charge in [0, 0.05) is 12.8 Å². The Kier molecular flexibility index (Phi) is 2.89. The monoisotopic (exact) mass is 282 g/mol. The van der Waals surface area contributed by atoms with E-state index in [1.807, 2.05) is 6.08 Å². The van der Waals surface area contributed by atoms with Crippen molar-refractivity contribution in [3.8, 4) is 12.3 Å². The van der Waals surface area contributed by atoms with Crippen LogP contribution in [0.1, 0.15) is 51.4 Å². The standard InChI is InChI=1S/C19H22O2/c1-2-19-10-9-15-14-6-4-13(20)11-12(14)3-5-16(15)17(19)7-8-18(19)21/h1,11,14-17H,3-10H2/t14-,15+,16+,17-,19-/m0/s1. The molecule has 3 saturated carbocycles. The molecule has 0 aromatic heterocycles. The number of rotatable bonds is 0. The van der Waals surface area contributed by atoms with E-state index < -0.39 is 5.41 Å². The Morgan fingerprint density at radius 2 is 1.90 bits per heavy atom. The lowest BCUT2D eigenvalue weighted by Crippen LogP contribution is -2.47. The molecule has 0 bridgehead atoms.